The topological polar surface area (TPSA) is 20.2 Å². The van der Waals surface area contributed by atoms with Crippen LogP contribution in [0.5, 0.6) is 5.75 Å². The van der Waals surface area contributed by atoms with Crippen LogP contribution in [0.4, 0.5) is 0 Å². The number of benzene rings is 3. The molecule has 4 rings (SSSR count). The van der Waals surface area contributed by atoms with Crippen LogP contribution >= 0.6 is 0 Å². The van der Waals surface area contributed by atoms with E-state index >= 15 is 0 Å². The van der Waals surface area contributed by atoms with Crippen molar-refractivity contribution in [2.24, 2.45) is 0 Å². The molecule has 1 aliphatic carbocycles. The first kappa shape index (κ1) is 18.1. The van der Waals surface area contributed by atoms with E-state index in [1.54, 1.807) is 0 Å². The molecule has 1 N–H and O–H groups in total. The Hall–Kier alpha value is -2.28. The van der Waals surface area contributed by atoms with Gasteiger partial charge >= 0.3 is 0 Å². The standard InChI is InChI=1S/C19H16O.2C2H6/c1-11-3-5-13-9-17-18(20)10-14-6-4-12(2)8-16(14)19(17)15(13)7-11;2*1-2/h3-8,10,20H,9H2,1-2H3;2*1-2H3. The lowest BCUT2D eigenvalue weighted by atomic mass is 9.95. The minimum atomic E-state index is 0.421. The SMILES string of the molecule is CC.CC.Cc1ccc2c(c1)-c1c(c(O)cc3ccc(C)cc13)C2. The fourth-order valence-electron chi connectivity index (χ4n) is 3.29. The zero-order valence-corrected chi connectivity index (χ0v) is 15.7. The molecule has 0 amide bonds. The lowest BCUT2D eigenvalue weighted by molar-refractivity contribution is 0.471. The average molecular weight is 320 g/mol. The first-order valence-corrected chi connectivity index (χ1v) is 8.98. The van der Waals surface area contributed by atoms with Crippen molar-refractivity contribution in [2.75, 3.05) is 0 Å². The zero-order chi connectivity index (χ0) is 17.9. The molecule has 1 heteroatoms. The van der Waals surface area contributed by atoms with Crippen LogP contribution in [0.2, 0.25) is 0 Å². The first-order chi connectivity index (χ1) is 11.6. The van der Waals surface area contributed by atoms with E-state index in [1.165, 1.54) is 33.2 Å². The second-order valence-electron chi connectivity index (χ2n) is 5.81. The number of phenols is 1. The van der Waals surface area contributed by atoms with Gasteiger partial charge in [0.15, 0.2) is 0 Å². The summed E-state index contributed by atoms with van der Waals surface area (Å²) in [7, 11) is 0. The van der Waals surface area contributed by atoms with Gasteiger partial charge in [0, 0.05) is 12.0 Å². The molecule has 0 fully saturated rings. The lowest BCUT2D eigenvalue weighted by Gasteiger charge is -2.10. The number of aryl methyl sites for hydroxylation is 2. The molecule has 1 aliphatic rings. The predicted octanol–water partition coefficient (Wildman–Crippen LogP) is 6.79. The van der Waals surface area contributed by atoms with Crippen molar-refractivity contribution in [2.45, 2.75) is 48.0 Å². The maximum Gasteiger partial charge on any atom is 0.120 e. The van der Waals surface area contributed by atoms with Crippen molar-refractivity contribution in [3.8, 4) is 16.9 Å². The quantitative estimate of drug-likeness (QED) is 0.378. The fraction of sp³-hybridized carbons (Fsp3) is 0.304. The number of aromatic hydroxyl groups is 1. The molecule has 0 heterocycles. The van der Waals surface area contributed by atoms with Crippen molar-refractivity contribution in [1.82, 2.24) is 0 Å². The van der Waals surface area contributed by atoms with Gasteiger partial charge in [0.25, 0.3) is 0 Å². The molecular formula is C23H28O. The first-order valence-electron chi connectivity index (χ1n) is 8.98. The molecule has 24 heavy (non-hydrogen) atoms. The molecule has 0 bridgehead atoms. The van der Waals surface area contributed by atoms with Gasteiger partial charge in [-0.25, -0.2) is 0 Å². The van der Waals surface area contributed by atoms with Crippen molar-refractivity contribution in [3.05, 3.63) is 64.7 Å². The smallest absolute Gasteiger partial charge is 0.120 e. The Morgan fingerprint density at radius 1 is 0.792 bits per heavy atom. The van der Waals surface area contributed by atoms with Crippen molar-refractivity contribution >= 4 is 10.8 Å². The molecule has 0 saturated heterocycles. The van der Waals surface area contributed by atoms with Gasteiger partial charge in [-0.2, -0.15) is 0 Å². The number of rotatable bonds is 0. The highest BCUT2D eigenvalue weighted by Crippen LogP contribution is 2.45. The second kappa shape index (κ2) is 7.53. The van der Waals surface area contributed by atoms with Crippen LogP contribution in [0.3, 0.4) is 0 Å². The van der Waals surface area contributed by atoms with Gasteiger partial charge in [-0.05, 0) is 47.4 Å². The van der Waals surface area contributed by atoms with Gasteiger partial charge < -0.3 is 5.11 Å². The third-order valence-electron chi connectivity index (χ3n) is 4.28. The summed E-state index contributed by atoms with van der Waals surface area (Å²) in [5.41, 5.74) is 7.42. The van der Waals surface area contributed by atoms with Crippen LogP contribution < -0.4 is 0 Å². The highest BCUT2D eigenvalue weighted by atomic mass is 16.3. The Bertz CT molecular complexity index is 860. The minimum absolute atomic E-state index is 0.421. The summed E-state index contributed by atoms with van der Waals surface area (Å²) in [4.78, 5) is 0. The van der Waals surface area contributed by atoms with E-state index in [9.17, 15) is 5.11 Å². The summed E-state index contributed by atoms with van der Waals surface area (Å²) in [6, 6.07) is 14.9. The van der Waals surface area contributed by atoms with E-state index in [-0.39, 0.29) is 0 Å². The summed E-state index contributed by atoms with van der Waals surface area (Å²) in [6.07, 6.45) is 0.834. The Morgan fingerprint density at radius 3 is 2.12 bits per heavy atom. The molecule has 0 spiro atoms. The maximum atomic E-state index is 10.3. The summed E-state index contributed by atoms with van der Waals surface area (Å²) in [5.74, 6) is 0.421. The van der Waals surface area contributed by atoms with Crippen molar-refractivity contribution in [3.63, 3.8) is 0 Å². The van der Waals surface area contributed by atoms with E-state index in [0.29, 0.717) is 5.75 Å². The third kappa shape index (κ3) is 3.03. The van der Waals surface area contributed by atoms with E-state index < -0.39 is 0 Å². The molecular weight excluding hydrogens is 292 g/mol. The van der Waals surface area contributed by atoms with E-state index in [4.69, 9.17) is 0 Å². The molecule has 0 aliphatic heterocycles. The molecule has 0 unspecified atom stereocenters. The molecule has 126 valence electrons. The van der Waals surface area contributed by atoms with Gasteiger partial charge in [0.05, 0.1) is 0 Å². The normalized spacial score (nSPS) is 10.9. The molecule has 1 nitrogen and oxygen atoms in total. The van der Waals surface area contributed by atoms with Crippen LogP contribution in [0.25, 0.3) is 21.9 Å². The monoisotopic (exact) mass is 320 g/mol. The van der Waals surface area contributed by atoms with Crippen LogP contribution in [-0.4, -0.2) is 5.11 Å². The lowest BCUT2D eigenvalue weighted by Crippen LogP contribution is -1.85. The molecule has 0 aromatic heterocycles. The Labute approximate surface area is 146 Å². The van der Waals surface area contributed by atoms with Crippen LogP contribution in [0.1, 0.15) is 49.9 Å². The van der Waals surface area contributed by atoms with Gasteiger partial charge in [-0.1, -0.05) is 75.2 Å². The number of hydrogen-bond acceptors (Lipinski definition) is 1. The summed E-state index contributed by atoms with van der Waals surface area (Å²) >= 11 is 0. The number of hydrogen-bond donors (Lipinski definition) is 1. The van der Waals surface area contributed by atoms with Crippen LogP contribution in [0, 0.1) is 13.8 Å². The Kier molecular flexibility index (Phi) is 5.66. The van der Waals surface area contributed by atoms with Gasteiger partial charge in [-0.3, -0.25) is 0 Å². The van der Waals surface area contributed by atoms with Gasteiger partial charge in [0.1, 0.15) is 5.75 Å². The molecule has 3 aromatic rings. The zero-order valence-electron chi connectivity index (χ0n) is 15.7. The fourth-order valence-corrected chi connectivity index (χ4v) is 3.29. The third-order valence-corrected chi connectivity index (χ3v) is 4.28. The maximum absolute atomic E-state index is 10.3. The van der Waals surface area contributed by atoms with Crippen molar-refractivity contribution < 1.29 is 5.11 Å². The minimum Gasteiger partial charge on any atom is -0.508 e. The van der Waals surface area contributed by atoms with Gasteiger partial charge in [0.2, 0.25) is 0 Å². The van der Waals surface area contributed by atoms with Crippen LogP contribution in [0.15, 0.2) is 42.5 Å². The Morgan fingerprint density at radius 2 is 1.42 bits per heavy atom. The predicted molar refractivity (Wildman–Crippen MR) is 106 cm³/mol. The summed E-state index contributed by atoms with van der Waals surface area (Å²) in [6.45, 7) is 12.2. The number of phenolic OH excluding ortho intramolecular Hbond substituents is 1. The summed E-state index contributed by atoms with van der Waals surface area (Å²) < 4.78 is 0. The largest absolute Gasteiger partial charge is 0.508 e. The average Bonchev–Trinajstić information content (AvgIpc) is 2.99. The highest BCUT2D eigenvalue weighted by molar-refractivity contribution is 6.03. The van der Waals surface area contributed by atoms with Gasteiger partial charge in [-0.15, -0.1) is 0 Å². The highest BCUT2D eigenvalue weighted by Gasteiger charge is 2.23. The molecule has 0 radical (unpaired) electrons. The molecule has 3 aromatic carbocycles. The second-order valence-corrected chi connectivity index (χ2v) is 5.81. The molecule has 0 saturated carbocycles. The van der Waals surface area contributed by atoms with E-state index in [2.05, 4.69) is 50.2 Å². The van der Waals surface area contributed by atoms with E-state index in [0.717, 1.165) is 17.4 Å². The number of fused-ring (bicyclic) bond motifs is 5. The van der Waals surface area contributed by atoms with Crippen molar-refractivity contribution in [1.29, 1.82) is 0 Å². The van der Waals surface area contributed by atoms with E-state index in [1.807, 2.05) is 33.8 Å². The Balaban J connectivity index is 0.000000487. The molecule has 0 atom stereocenters. The summed E-state index contributed by atoms with van der Waals surface area (Å²) in [5, 5.41) is 12.7. The van der Waals surface area contributed by atoms with Crippen LogP contribution in [-0.2, 0) is 6.42 Å².